The van der Waals surface area contributed by atoms with Gasteiger partial charge in [-0.25, -0.2) is 4.98 Å². The van der Waals surface area contributed by atoms with Crippen LogP contribution >= 0.6 is 11.6 Å². The molecule has 0 aliphatic carbocycles. The third-order valence-electron chi connectivity index (χ3n) is 4.76. The molecule has 0 radical (unpaired) electrons. The molecule has 27 heavy (non-hydrogen) atoms. The molecule has 4 aromatic rings. The van der Waals surface area contributed by atoms with Crippen LogP contribution in [-0.2, 0) is 6.54 Å². The van der Waals surface area contributed by atoms with Gasteiger partial charge in [0.15, 0.2) is 11.9 Å². The monoisotopic (exact) mass is 376 g/mol. The highest BCUT2D eigenvalue weighted by atomic mass is 35.5. The van der Waals surface area contributed by atoms with Gasteiger partial charge in [-0.05, 0) is 61.4 Å². The zero-order valence-electron chi connectivity index (χ0n) is 15.4. The van der Waals surface area contributed by atoms with Crippen molar-refractivity contribution in [2.24, 2.45) is 0 Å². The first-order valence-corrected chi connectivity index (χ1v) is 9.41. The van der Waals surface area contributed by atoms with Crippen LogP contribution in [0, 0.1) is 6.92 Å². The summed E-state index contributed by atoms with van der Waals surface area (Å²) in [5.74, 6) is 1.69. The van der Waals surface area contributed by atoms with E-state index in [2.05, 4.69) is 41.8 Å². The summed E-state index contributed by atoms with van der Waals surface area (Å²) in [6.45, 7) is 4.93. The Balaban J connectivity index is 1.73. The van der Waals surface area contributed by atoms with E-state index in [9.17, 15) is 0 Å². The normalized spacial score (nSPS) is 12.3. The van der Waals surface area contributed by atoms with E-state index in [-0.39, 0.29) is 6.10 Å². The molecule has 0 spiro atoms. The molecule has 1 atom stereocenters. The molecule has 136 valence electrons. The van der Waals surface area contributed by atoms with Gasteiger partial charge in [-0.3, -0.25) is 0 Å². The van der Waals surface area contributed by atoms with Gasteiger partial charge in [-0.15, -0.1) is 0 Å². The molecule has 0 amide bonds. The Bertz CT molecular complexity index is 1070. The van der Waals surface area contributed by atoms with Crippen molar-refractivity contribution in [3.63, 3.8) is 0 Å². The van der Waals surface area contributed by atoms with Crippen LogP contribution in [0.3, 0.4) is 0 Å². The second kappa shape index (κ2) is 7.45. The van der Waals surface area contributed by atoms with Crippen LogP contribution in [0.5, 0.6) is 5.75 Å². The zero-order chi connectivity index (χ0) is 18.8. The first-order valence-electron chi connectivity index (χ1n) is 9.04. The number of benzene rings is 3. The molecular formula is C23H21ClN2O. The van der Waals surface area contributed by atoms with Crippen molar-refractivity contribution >= 4 is 22.6 Å². The highest BCUT2D eigenvalue weighted by molar-refractivity contribution is 6.30. The molecular weight excluding hydrogens is 356 g/mol. The van der Waals surface area contributed by atoms with Crippen molar-refractivity contribution < 1.29 is 4.74 Å². The molecule has 0 aliphatic rings. The van der Waals surface area contributed by atoms with Gasteiger partial charge < -0.3 is 9.30 Å². The van der Waals surface area contributed by atoms with Gasteiger partial charge in [-0.2, -0.15) is 0 Å². The van der Waals surface area contributed by atoms with Gasteiger partial charge in [0.25, 0.3) is 0 Å². The molecule has 0 N–H and O–H groups in total. The maximum Gasteiger partial charge on any atom is 0.153 e. The number of aromatic nitrogens is 2. The second-order valence-corrected chi connectivity index (χ2v) is 7.12. The maximum absolute atomic E-state index is 6.15. The van der Waals surface area contributed by atoms with Gasteiger partial charge in [0, 0.05) is 11.6 Å². The van der Waals surface area contributed by atoms with E-state index in [1.165, 1.54) is 11.1 Å². The summed E-state index contributed by atoms with van der Waals surface area (Å²) in [6, 6.07) is 24.1. The van der Waals surface area contributed by atoms with Gasteiger partial charge >= 0.3 is 0 Å². The fourth-order valence-corrected chi connectivity index (χ4v) is 3.42. The standard InChI is InChI=1S/C23H21ClN2O/c1-16-7-3-4-8-18(16)15-26-22-10-6-5-9-21(22)25-23(26)17(2)27-20-13-11-19(24)12-14-20/h3-14,17H,15H2,1-2H3. The zero-order valence-corrected chi connectivity index (χ0v) is 16.1. The third kappa shape index (κ3) is 3.69. The number of fused-ring (bicyclic) bond motifs is 1. The van der Waals surface area contributed by atoms with E-state index < -0.39 is 0 Å². The number of hydrogen-bond acceptors (Lipinski definition) is 2. The average Bonchev–Trinajstić information content (AvgIpc) is 3.04. The lowest BCUT2D eigenvalue weighted by Crippen LogP contribution is -2.13. The minimum Gasteiger partial charge on any atom is -0.483 e. The third-order valence-corrected chi connectivity index (χ3v) is 5.02. The Labute approximate surface area is 164 Å². The van der Waals surface area contributed by atoms with Gasteiger partial charge in [-0.1, -0.05) is 48.0 Å². The van der Waals surface area contributed by atoms with Crippen LogP contribution in [0.25, 0.3) is 11.0 Å². The fraction of sp³-hybridized carbons (Fsp3) is 0.174. The molecule has 1 unspecified atom stereocenters. The van der Waals surface area contributed by atoms with Crippen LogP contribution < -0.4 is 4.74 Å². The molecule has 0 fully saturated rings. The van der Waals surface area contributed by atoms with Gasteiger partial charge in [0.05, 0.1) is 11.0 Å². The van der Waals surface area contributed by atoms with E-state index in [4.69, 9.17) is 21.3 Å². The maximum atomic E-state index is 6.15. The smallest absolute Gasteiger partial charge is 0.153 e. The van der Waals surface area contributed by atoms with Gasteiger partial charge in [0.2, 0.25) is 0 Å². The predicted octanol–water partition coefficient (Wildman–Crippen LogP) is 6.19. The summed E-state index contributed by atoms with van der Waals surface area (Å²) in [5.41, 5.74) is 4.64. The Morgan fingerprint density at radius 1 is 0.963 bits per heavy atom. The second-order valence-electron chi connectivity index (χ2n) is 6.69. The lowest BCUT2D eigenvalue weighted by atomic mass is 10.1. The Kier molecular flexibility index (Phi) is 4.87. The van der Waals surface area contributed by atoms with E-state index in [0.717, 1.165) is 29.2 Å². The minimum atomic E-state index is -0.192. The number of rotatable bonds is 5. The van der Waals surface area contributed by atoms with Crippen molar-refractivity contribution in [2.75, 3.05) is 0 Å². The Hall–Kier alpha value is -2.78. The van der Waals surface area contributed by atoms with E-state index >= 15 is 0 Å². The molecule has 0 saturated heterocycles. The van der Waals surface area contributed by atoms with Crippen molar-refractivity contribution in [1.82, 2.24) is 9.55 Å². The summed E-state index contributed by atoms with van der Waals surface area (Å²) in [4.78, 5) is 4.86. The molecule has 4 rings (SSSR count). The predicted molar refractivity (Wildman–Crippen MR) is 111 cm³/mol. The summed E-state index contributed by atoms with van der Waals surface area (Å²) in [7, 11) is 0. The van der Waals surface area contributed by atoms with E-state index in [1.807, 2.05) is 49.4 Å². The molecule has 4 heteroatoms. The number of halogens is 1. The highest BCUT2D eigenvalue weighted by Gasteiger charge is 2.18. The lowest BCUT2D eigenvalue weighted by molar-refractivity contribution is 0.212. The fourth-order valence-electron chi connectivity index (χ4n) is 3.30. The summed E-state index contributed by atoms with van der Waals surface area (Å²) in [5, 5.41) is 0.696. The van der Waals surface area contributed by atoms with Crippen LogP contribution in [0.15, 0.2) is 72.8 Å². The number of para-hydroxylation sites is 2. The molecule has 3 nitrogen and oxygen atoms in total. The van der Waals surface area contributed by atoms with E-state index in [0.29, 0.717) is 5.02 Å². The number of hydrogen-bond donors (Lipinski definition) is 0. The molecule has 0 aliphatic heterocycles. The van der Waals surface area contributed by atoms with Gasteiger partial charge in [0.1, 0.15) is 5.75 Å². The topological polar surface area (TPSA) is 27.1 Å². The number of nitrogens with zero attached hydrogens (tertiary/aromatic N) is 2. The minimum absolute atomic E-state index is 0.192. The average molecular weight is 377 g/mol. The van der Waals surface area contributed by atoms with Crippen molar-refractivity contribution in [3.8, 4) is 5.75 Å². The van der Waals surface area contributed by atoms with E-state index in [1.54, 1.807) is 0 Å². The van der Waals surface area contributed by atoms with Crippen LogP contribution in [0.1, 0.15) is 30.0 Å². The SMILES string of the molecule is Cc1ccccc1Cn1c(C(C)Oc2ccc(Cl)cc2)nc2ccccc21. The van der Waals surface area contributed by atoms with Crippen molar-refractivity contribution in [1.29, 1.82) is 0 Å². The quantitative estimate of drug-likeness (QED) is 0.415. The summed E-state index contributed by atoms with van der Waals surface area (Å²) in [6.07, 6.45) is -0.192. The van der Waals surface area contributed by atoms with Crippen LogP contribution in [0.2, 0.25) is 5.02 Å². The summed E-state index contributed by atoms with van der Waals surface area (Å²) < 4.78 is 8.40. The Morgan fingerprint density at radius 2 is 1.67 bits per heavy atom. The highest BCUT2D eigenvalue weighted by Crippen LogP contribution is 2.27. The molecule has 3 aromatic carbocycles. The lowest BCUT2D eigenvalue weighted by Gasteiger charge is -2.17. The number of ether oxygens (including phenoxy) is 1. The first kappa shape index (κ1) is 17.6. The summed E-state index contributed by atoms with van der Waals surface area (Å²) >= 11 is 5.98. The van der Waals surface area contributed by atoms with Crippen LogP contribution in [-0.4, -0.2) is 9.55 Å². The molecule has 0 bridgehead atoms. The molecule has 1 heterocycles. The first-order chi connectivity index (χ1) is 13.1. The Morgan fingerprint density at radius 3 is 2.44 bits per heavy atom. The molecule has 1 aromatic heterocycles. The van der Waals surface area contributed by atoms with Crippen molar-refractivity contribution in [2.45, 2.75) is 26.5 Å². The number of imidazole rings is 1. The molecule has 0 saturated carbocycles. The number of aryl methyl sites for hydroxylation is 1. The largest absolute Gasteiger partial charge is 0.483 e. The van der Waals surface area contributed by atoms with Crippen LogP contribution in [0.4, 0.5) is 0 Å². The van der Waals surface area contributed by atoms with Crippen molar-refractivity contribution in [3.05, 3.63) is 94.8 Å².